The molecular weight excluding hydrogens is 680 g/mol. The molecule has 0 unspecified atom stereocenters. The number of nitro benzene ring substituents is 1. The molecule has 1 aliphatic rings. The fourth-order valence-electron chi connectivity index (χ4n) is 4.50. The molecule has 1 aliphatic heterocycles. The number of rotatable bonds is 10. The van der Waals surface area contributed by atoms with Gasteiger partial charge in [-0.25, -0.2) is 0 Å². The highest BCUT2D eigenvalue weighted by atomic mass is 79.9. The topological polar surface area (TPSA) is 188 Å². The number of aromatic nitrogens is 3. The number of carbonyl (C=O) groups excluding carboxylic acids is 4. The molecule has 5 atom stereocenters. The first-order valence-corrected chi connectivity index (χ1v) is 14.9. The molecule has 238 valence electrons. The lowest BCUT2D eigenvalue weighted by Gasteiger charge is -2.43. The first kappa shape index (κ1) is 33.5. The summed E-state index contributed by atoms with van der Waals surface area (Å²) in [4.78, 5) is 59.2. The number of thioether (sulfide) groups is 1. The zero-order valence-corrected chi connectivity index (χ0v) is 26.7. The van der Waals surface area contributed by atoms with E-state index in [2.05, 4.69) is 26.1 Å². The Morgan fingerprint density at radius 1 is 0.911 bits per heavy atom. The van der Waals surface area contributed by atoms with E-state index in [-0.39, 0.29) is 16.7 Å². The number of ether oxygens (including phenoxy) is 5. The molecule has 3 aromatic rings. The molecule has 1 fully saturated rings. The van der Waals surface area contributed by atoms with Crippen molar-refractivity contribution in [3.63, 3.8) is 0 Å². The Morgan fingerprint density at radius 3 is 2.13 bits per heavy atom. The van der Waals surface area contributed by atoms with Gasteiger partial charge in [0.1, 0.15) is 12.7 Å². The first-order valence-electron chi connectivity index (χ1n) is 13.3. The fourth-order valence-corrected chi connectivity index (χ4v) is 5.90. The SMILES string of the molecule is CC(=O)OC[C@H]1O[C@@H](Sc2nnc(-c3cccc([N+](=O)[O-])c3)n2-c2ccc(Br)cc2)[C@H](OC(C)=O)[C@@H](OC(C)=O)[C@H]1OC(C)=O. The van der Waals surface area contributed by atoms with Gasteiger partial charge in [0.05, 0.1) is 4.92 Å². The second-order valence-corrected chi connectivity index (χ2v) is 11.6. The van der Waals surface area contributed by atoms with Gasteiger partial charge in [-0.1, -0.05) is 28.1 Å². The predicted molar refractivity (Wildman–Crippen MR) is 159 cm³/mol. The van der Waals surface area contributed by atoms with Crippen LogP contribution in [-0.4, -0.2) is 80.0 Å². The third kappa shape index (κ3) is 8.43. The van der Waals surface area contributed by atoms with Gasteiger partial charge < -0.3 is 23.7 Å². The molecule has 2 aromatic carbocycles. The summed E-state index contributed by atoms with van der Waals surface area (Å²) in [6, 6.07) is 12.9. The van der Waals surface area contributed by atoms with Gasteiger partial charge in [0.15, 0.2) is 34.7 Å². The number of halogens is 1. The van der Waals surface area contributed by atoms with Crippen LogP contribution in [0.1, 0.15) is 27.7 Å². The lowest BCUT2D eigenvalue weighted by Crippen LogP contribution is -2.61. The highest BCUT2D eigenvalue weighted by molar-refractivity contribution is 9.10. The Bertz CT molecular complexity index is 1600. The molecule has 15 nitrogen and oxygen atoms in total. The molecule has 45 heavy (non-hydrogen) atoms. The summed E-state index contributed by atoms with van der Waals surface area (Å²) < 4.78 is 30.3. The van der Waals surface area contributed by atoms with Gasteiger partial charge in [-0.15, -0.1) is 10.2 Å². The Kier molecular flexibility index (Phi) is 10.9. The molecule has 0 spiro atoms. The molecule has 0 aliphatic carbocycles. The van der Waals surface area contributed by atoms with E-state index in [0.29, 0.717) is 11.3 Å². The Labute approximate surface area is 268 Å². The Balaban J connectivity index is 1.84. The van der Waals surface area contributed by atoms with Crippen molar-refractivity contribution in [1.29, 1.82) is 0 Å². The van der Waals surface area contributed by atoms with Crippen LogP contribution in [-0.2, 0) is 42.9 Å². The molecule has 0 bridgehead atoms. The summed E-state index contributed by atoms with van der Waals surface area (Å²) in [6.07, 6.45) is -5.20. The summed E-state index contributed by atoms with van der Waals surface area (Å²) in [5, 5.41) is 20.3. The smallest absolute Gasteiger partial charge is 0.303 e. The number of benzene rings is 2. The lowest BCUT2D eigenvalue weighted by atomic mass is 9.99. The average molecular weight is 708 g/mol. The fraction of sp³-hybridized carbons (Fsp3) is 0.357. The molecule has 2 heterocycles. The van der Waals surface area contributed by atoms with Crippen molar-refractivity contribution >= 4 is 57.3 Å². The van der Waals surface area contributed by atoms with Crippen LogP contribution < -0.4 is 0 Å². The van der Waals surface area contributed by atoms with Crippen LogP contribution in [0.4, 0.5) is 5.69 Å². The van der Waals surface area contributed by atoms with E-state index < -0.39 is 65.3 Å². The zero-order valence-electron chi connectivity index (χ0n) is 24.3. The third-order valence-electron chi connectivity index (χ3n) is 6.20. The normalized spacial score (nSPS) is 21.0. The largest absolute Gasteiger partial charge is 0.463 e. The van der Waals surface area contributed by atoms with Crippen LogP contribution in [0.15, 0.2) is 58.2 Å². The quantitative estimate of drug-likeness (QED) is 0.128. The van der Waals surface area contributed by atoms with E-state index in [0.717, 1.165) is 37.0 Å². The van der Waals surface area contributed by atoms with E-state index in [1.54, 1.807) is 34.9 Å². The van der Waals surface area contributed by atoms with Crippen LogP contribution in [0.25, 0.3) is 17.1 Å². The van der Waals surface area contributed by atoms with Crippen LogP contribution in [0.2, 0.25) is 0 Å². The number of nitrogens with zero attached hydrogens (tertiary/aromatic N) is 4. The van der Waals surface area contributed by atoms with Crippen LogP contribution >= 0.6 is 27.7 Å². The van der Waals surface area contributed by atoms with Gasteiger partial charge in [0.2, 0.25) is 0 Å². The summed E-state index contributed by atoms with van der Waals surface area (Å²) >= 11 is 4.33. The summed E-state index contributed by atoms with van der Waals surface area (Å²) in [5.74, 6) is -2.67. The van der Waals surface area contributed by atoms with E-state index in [9.17, 15) is 29.3 Å². The number of hydrogen-bond acceptors (Lipinski definition) is 14. The predicted octanol–water partition coefficient (Wildman–Crippen LogP) is 3.78. The molecule has 0 radical (unpaired) electrons. The minimum absolute atomic E-state index is 0.161. The maximum Gasteiger partial charge on any atom is 0.303 e. The second-order valence-electron chi connectivity index (χ2n) is 9.61. The van der Waals surface area contributed by atoms with Crippen molar-refractivity contribution in [2.45, 2.75) is 62.7 Å². The van der Waals surface area contributed by atoms with Gasteiger partial charge in [-0.2, -0.15) is 0 Å². The molecule has 1 saturated heterocycles. The summed E-state index contributed by atoms with van der Waals surface area (Å²) in [7, 11) is 0. The lowest BCUT2D eigenvalue weighted by molar-refractivity contribution is -0.384. The molecule has 0 N–H and O–H groups in total. The number of nitro groups is 1. The molecule has 0 amide bonds. The second kappa shape index (κ2) is 14.6. The third-order valence-corrected chi connectivity index (χ3v) is 7.82. The van der Waals surface area contributed by atoms with Crippen LogP contribution in [0.3, 0.4) is 0 Å². The van der Waals surface area contributed by atoms with E-state index in [4.69, 9.17) is 23.7 Å². The Morgan fingerprint density at radius 2 is 1.53 bits per heavy atom. The highest BCUT2D eigenvalue weighted by Gasteiger charge is 2.53. The van der Waals surface area contributed by atoms with Crippen LogP contribution in [0, 0.1) is 10.1 Å². The van der Waals surface area contributed by atoms with Gasteiger partial charge in [0.25, 0.3) is 5.69 Å². The number of non-ortho nitro benzene ring substituents is 1. The van der Waals surface area contributed by atoms with E-state index in [1.807, 2.05) is 0 Å². The van der Waals surface area contributed by atoms with E-state index in [1.165, 1.54) is 25.1 Å². The Hall–Kier alpha value is -4.35. The van der Waals surface area contributed by atoms with Crippen molar-refractivity contribution in [3.8, 4) is 17.1 Å². The van der Waals surface area contributed by atoms with Crippen molar-refractivity contribution in [2.24, 2.45) is 0 Å². The van der Waals surface area contributed by atoms with Crippen LogP contribution in [0.5, 0.6) is 0 Å². The molecular formula is C28H27BrN4O11S. The van der Waals surface area contributed by atoms with Gasteiger partial charge >= 0.3 is 23.9 Å². The van der Waals surface area contributed by atoms with Crippen molar-refractivity contribution in [1.82, 2.24) is 14.8 Å². The first-order chi connectivity index (χ1) is 21.3. The molecule has 17 heteroatoms. The van der Waals surface area contributed by atoms with E-state index >= 15 is 0 Å². The number of esters is 4. The number of carbonyl (C=O) groups is 4. The zero-order chi connectivity index (χ0) is 32.8. The summed E-state index contributed by atoms with van der Waals surface area (Å²) in [5.41, 5.74) is -0.389. The molecule has 0 saturated carbocycles. The standard InChI is InChI=1S/C28H27BrN4O11S/c1-14(34)40-13-22-23(41-15(2)35)24(42-16(3)36)25(43-17(4)37)27(44-22)45-28-31-30-26(18-6-5-7-21(12-18)33(38)39)32(28)20-10-8-19(29)9-11-20/h5-12,22-25,27H,13H2,1-4H3/t22-,23+,24+,25-,27+/m1/s1. The van der Waals surface area contributed by atoms with Crippen molar-refractivity contribution in [2.75, 3.05) is 6.61 Å². The number of hydrogen-bond donors (Lipinski definition) is 0. The maximum atomic E-state index is 12.3. The molecule has 1 aromatic heterocycles. The average Bonchev–Trinajstić information content (AvgIpc) is 3.38. The van der Waals surface area contributed by atoms with Crippen molar-refractivity contribution < 1.29 is 47.8 Å². The minimum Gasteiger partial charge on any atom is -0.463 e. The van der Waals surface area contributed by atoms with Crippen molar-refractivity contribution in [3.05, 3.63) is 63.1 Å². The van der Waals surface area contributed by atoms with Gasteiger partial charge in [0, 0.05) is 55.6 Å². The van der Waals surface area contributed by atoms with Gasteiger partial charge in [-0.3, -0.25) is 33.9 Å². The monoisotopic (exact) mass is 706 g/mol. The summed E-state index contributed by atoms with van der Waals surface area (Å²) in [6.45, 7) is 4.18. The highest BCUT2D eigenvalue weighted by Crippen LogP contribution is 2.39. The maximum absolute atomic E-state index is 12.3. The minimum atomic E-state index is -1.37. The molecule has 4 rings (SSSR count). The van der Waals surface area contributed by atoms with Gasteiger partial charge in [-0.05, 0) is 36.0 Å².